The van der Waals surface area contributed by atoms with Gasteiger partial charge in [0, 0.05) is 0 Å². The Hall–Kier alpha value is -0.720. The molecule has 0 rings (SSSR count). The SMILES string of the molecule is CCOP(=O)(OCC)C(CCC/C=C(\C)CC/C=C(\C)CC/C=C(\C)CC)S(=O)(=O)O. The van der Waals surface area contributed by atoms with E-state index in [2.05, 4.69) is 45.9 Å². The van der Waals surface area contributed by atoms with Crippen molar-refractivity contribution in [2.24, 2.45) is 0 Å². The Balaban J connectivity index is 4.64. The van der Waals surface area contributed by atoms with Crippen LogP contribution >= 0.6 is 7.60 Å². The molecule has 0 aromatic heterocycles. The molecule has 0 fully saturated rings. The van der Waals surface area contributed by atoms with Crippen molar-refractivity contribution in [2.45, 2.75) is 97.9 Å². The summed E-state index contributed by atoms with van der Waals surface area (Å²) in [5.74, 6) is 0. The zero-order chi connectivity index (χ0) is 23.9. The Morgan fingerprint density at radius 1 is 0.871 bits per heavy atom. The molecule has 0 saturated carbocycles. The number of unbranched alkanes of at least 4 members (excludes halogenated alkanes) is 1. The van der Waals surface area contributed by atoms with Gasteiger partial charge in [-0.1, -0.05) is 41.9 Å². The van der Waals surface area contributed by atoms with E-state index in [1.807, 2.05) is 0 Å². The Labute approximate surface area is 190 Å². The van der Waals surface area contributed by atoms with Crippen LogP contribution in [-0.2, 0) is 23.7 Å². The van der Waals surface area contributed by atoms with Gasteiger partial charge in [-0.25, -0.2) is 0 Å². The lowest BCUT2D eigenvalue weighted by Crippen LogP contribution is -2.23. The van der Waals surface area contributed by atoms with Gasteiger partial charge in [-0.05, 0) is 86.0 Å². The second-order valence-electron chi connectivity index (χ2n) is 7.86. The molecular formula is C23H43O6PS. The maximum atomic E-state index is 12.8. The van der Waals surface area contributed by atoms with Crippen molar-refractivity contribution < 1.29 is 26.6 Å². The zero-order valence-corrected chi connectivity index (χ0v) is 21.9. The summed E-state index contributed by atoms with van der Waals surface area (Å²) in [7, 11) is -8.48. The van der Waals surface area contributed by atoms with E-state index in [-0.39, 0.29) is 19.6 Å². The summed E-state index contributed by atoms with van der Waals surface area (Å²) in [6.07, 6.45) is 13.0. The zero-order valence-electron chi connectivity index (χ0n) is 20.2. The number of allylic oxidation sites excluding steroid dienone is 6. The van der Waals surface area contributed by atoms with Crippen molar-refractivity contribution in [1.29, 1.82) is 0 Å². The Bertz CT molecular complexity index is 742. The third kappa shape index (κ3) is 13.4. The van der Waals surface area contributed by atoms with Crippen molar-refractivity contribution >= 4 is 17.7 Å². The average molecular weight is 479 g/mol. The van der Waals surface area contributed by atoms with Crippen LogP contribution in [0.1, 0.15) is 92.9 Å². The molecule has 1 unspecified atom stereocenters. The second kappa shape index (κ2) is 16.0. The smallest absolute Gasteiger partial charge is 0.308 e. The first-order valence-corrected chi connectivity index (χ1v) is 14.4. The Morgan fingerprint density at radius 3 is 1.74 bits per heavy atom. The molecule has 31 heavy (non-hydrogen) atoms. The van der Waals surface area contributed by atoms with Gasteiger partial charge in [-0.2, -0.15) is 8.42 Å². The first kappa shape index (κ1) is 30.3. The Morgan fingerprint density at radius 2 is 1.32 bits per heavy atom. The molecule has 0 spiro atoms. The van der Waals surface area contributed by atoms with Crippen LogP contribution in [-0.4, -0.2) is 31.2 Å². The fraction of sp³-hybridized carbons (Fsp3) is 0.739. The number of rotatable bonds is 17. The fourth-order valence-corrected chi connectivity index (χ4v) is 6.88. The maximum absolute atomic E-state index is 12.8. The highest BCUT2D eigenvalue weighted by Gasteiger charge is 2.43. The molecule has 182 valence electrons. The van der Waals surface area contributed by atoms with E-state index in [0.717, 1.165) is 32.1 Å². The number of hydrogen-bond donors (Lipinski definition) is 1. The summed E-state index contributed by atoms with van der Waals surface area (Å²) in [5.41, 5.74) is 4.06. The van der Waals surface area contributed by atoms with Crippen LogP contribution < -0.4 is 0 Å². The summed E-state index contributed by atoms with van der Waals surface area (Å²) in [6, 6.07) is 0. The summed E-state index contributed by atoms with van der Waals surface area (Å²) in [5, 5.41) is 0. The van der Waals surface area contributed by atoms with E-state index < -0.39 is 22.7 Å². The summed E-state index contributed by atoms with van der Waals surface area (Å²) >= 11 is 0. The molecule has 0 aromatic rings. The van der Waals surface area contributed by atoms with E-state index in [9.17, 15) is 17.5 Å². The molecule has 0 bridgehead atoms. The van der Waals surface area contributed by atoms with Gasteiger partial charge < -0.3 is 9.05 Å². The standard InChI is InChI=1S/C23H43O6PS/c1-7-20(4)15-12-16-22(6)18-13-17-21(5)14-10-11-19-23(31(25,26)27)30(24,28-8-2)29-9-3/h14-15,18,23H,7-13,16-17,19H2,1-6H3,(H,25,26,27)/b20-15+,21-14+,22-18+. The molecule has 0 aromatic carbocycles. The van der Waals surface area contributed by atoms with E-state index >= 15 is 0 Å². The van der Waals surface area contributed by atoms with E-state index in [4.69, 9.17) is 9.05 Å². The second-order valence-corrected chi connectivity index (χ2v) is 12.0. The maximum Gasteiger partial charge on any atom is 0.351 e. The van der Waals surface area contributed by atoms with E-state index in [1.54, 1.807) is 13.8 Å². The van der Waals surface area contributed by atoms with E-state index in [0.29, 0.717) is 12.8 Å². The predicted molar refractivity (Wildman–Crippen MR) is 130 cm³/mol. The molecule has 0 heterocycles. The molecule has 0 radical (unpaired) electrons. The highest BCUT2D eigenvalue weighted by molar-refractivity contribution is 7.94. The van der Waals surface area contributed by atoms with Crippen molar-refractivity contribution in [2.75, 3.05) is 13.2 Å². The fourth-order valence-electron chi connectivity index (χ4n) is 3.12. The highest BCUT2D eigenvalue weighted by Crippen LogP contribution is 2.56. The molecule has 0 aliphatic rings. The summed E-state index contributed by atoms with van der Waals surface area (Å²) in [4.78, 5) is -1.55. The molecule has 0 aliphatic heterocycles. The predicted octanol–water partition coefficient (Wildman–Crippen LogP) is 7.45. The molecule has 6 nitrogen and oxygen atoms in total. The first-order chi connectivity index (χ1) is 14.5. The molecule has 0 amide bonds. The molecule has 0 aliphatic carbocycles. The van der Waals surface area contributed by atoms with Gasteiger partial charge in [0.2, 0.25) is 0 Å². The average Bonchev–Trinajstić information content (AvgIpc) is 2.66. The number of hydrogen-bond acceptors (Lipinski definition) is 5. The first-order valence-electron chi connectivity index (χ1n) is 11.3. The minimum absolute atomic E-state index is 0.0175. The van der Waals surface area contributed by atoms with Gasteiger partial charge >= 0.3 is 7.60 Å². The monoisotopic (exact) mass is 478 g/mol. The van der Waals surface area contributed by atoms with Crippen molar-refractivity contribution in [3.63, 3.8) is 0 Å². The van der Waals surface area contributed by atoms with Gasteiger partial charge in [0.15, 0.2) is 4.99 Å². The summed E-state index contributed by atoms with van der Waals surface area (Å²) in [6.45, 7) is 11.9. The van der Waals surface area contributed by atoms with Gasteiger partial charge in [-0.15, -0.1) is 0 Å². The van der Waals surface area contributed by atoms with Crippen LogP contribution in [0.2, 0.25) is 0 Å². The van der Waals surface area contributed by atoms with Gasteiger partial charge in [-0.3, -0.25) is 9.12 Å². The molecule has 8 heteroatoms. The van der Waals surface area contributed by atoms with Crippen LogP contribution in [0.4, 0.5) is 0 Å². The van der Waals surface area contributed by atoms with Crippen molar-refractivity contribution in [3.05, 3.63) is 34.9 Å². The normalized spacial score (nSPS) is 15.4. The van der Waals surface area contributed by atoms with Gasteiger partial charge in [0.25, 0.3) is 10.1 Å². The lowest BCUT2D eigenvalue weighted by molar-refractivity contribution is 0.215. The van der Waals surface area contributed by atoms with E-state index in [1.165, 1.54) is 16.7 Å². The molecule has 1 N–H and O–H groups in total. The topological polar surface area (TPSA) is 89.9 Å². The lowest BCUT2D eigenvalue weighted by atomic mass is 10.0. The summed E-state index contributed by atoms with van der Waals surface area (Å²) < 4.78 is 56.2. The third-order valence-electron chi connectivity index (χ3n) is 5.08. The van der Waals surface area contributed by atoms with Gasteiger partial charge in [0.1, 0.15) is 0 Å². The highest BCUT2D eigenvalue weighted by atomic mass is 32.2. The minimum Gasteiger partial charge on any atom is -0.308 e. The van der Waals surface area contributed by atoms with Crippen molar-refractivity contribution in [1.82, 2.24) is 0 Å². The molecular weight excluding hydrogens is 435 g/mol. The minimum atomic E-state index is -4.55. The third-order valence-corrected chi connectivity index (χ3v) is 9.78. The Kier molecular flexibility index (Phi) is 15.6. The molecule has 0 saturated heterocycles. The largest absolute Gasteiger partial charge is 0.351 e. The van der Waals surface area contributed by atoms with Crippen LogP contribution in [0, 0.1) is 0 Å². The lowest BCUT2D eigenvalue weighted by Gasteiger charge is -2.23. The van der Waals surface area contributed by atoms with Gasteiger partial charge in [0.05, 0.1) is 13.2 Å². The molecule has 1 atom stereocenters. The van der Waals surface area contributed by atoms with Crippen LogP contribution in [0.3, 0.4) is 0 Å². The van der Waals surface area contributed by atoms with Crippen LogP contribution in [0.15, 0.2) is 34.9 Å². The quantitative estimate of drug-likeness (QED) is 0.101. The van der Waals surface area contributed by atoms with Crippen LogP contribution in [0.5, 0.6) is 0 Å². The van der Waals surface area contributed by atoms with Crippen molar-refractivity contribution in [3.8, 4) is 0 Å². The van der Waals surface area contributed by atoms with Crippen LogP contribution in [0.25, 0.3) is 0 Å².